The van der Waals surface area contributed by atoms with Crippen molar-refractivity contribution in [3.8, 4) is 5.69 Å². The van der Waals surface area contributed by atoms with Gasteiger partial charge in [-0.2, -0.15) is 10.2 Å². The Hall–Kier alpha value is -3.67. The number of amides is 1. The number of hydrogen-bond donors (Lipinski definition) is 1. The minimum atomic E-state index is -0.181. The summed E-state index contributed by atoms with van der Waals surface area (Å²) in [5.74, 6) is -0.120. The zero-order valence-corrected chi connectivity index (χ0v) is 16.5. The van der Waals surface area contributed by atoms with Crippen LogP contribution >= 0.6 is 0 Å². The molecule has 0 bridgehead atoms. The van der Waals surface area contributed by atoms with E-state index in [-0.39, 0.29) is 11.9 Å². The highest BCUT2D eigenvalue weighted by molar-refractivity contribution is 5.94. The topological polar surface area (TPSA) is 64.7 Å². The highest BCUT2D eigenvalue weighted by Gasteiger charge is 2.17. The second kappa shape index (κ2) is 8.14. The predicted molar refractivity (Wildman–Crippen MR) is 112 cm³/mol. The van der Waals surface area contributed by atoms with Crippen molar-refractivity contribution in [2.24, 2.45) is 0 Å². The third kappa shape index (κ3) is 4.27. The van der Waals surface area contributed by atoms with Crippen LogP contribution in [-0.2, 0) is 6.54 Å². The van der Waals surface area contributed by atoms with Crippen LogP contribution < -0.4 is 5.32 Å². The summed E-state index contributed by atoms with van der Waals surface area (Å²) in [7, 11) is 0. The Bertz CT molecular complexity index is 1080. The van der Waals surface area contributed by atoms with Gasteiger partial charge in [0.1, 0.15) is 0 Å². The van der Waals surface area contributed by atoms with Crippen molar-refractivity contribution in [2.45, 2.75) is 26.4 Å². The van der Waals surface area contributed by atoms with E-state index in [2.05, 4.69) is 15.5 Å². The molecule has 0 aliphatic heterocycles. The third-order valence-corrected chi connectivity index (χ3v) is 4.82. The quantitative estimate of drug-likeness (QED) is 0.548. The summed E-state index contributed by atoms with van der Waals surface area (Å²) in [4.78, 5) is 12.9. The summed E-state index contributed by atoms with van der Waals surface area (Å²) in [6.07, 6.45) is 3.63. The fourth-order valence-corrected chi connectivity index (χ4v) is 3.40. The van der Waals surface area contributed by atoms with Gasteiger partial charge in [-0.15, -0.1) is 0 Å². The molecule has 0 saturated carbocycles. The van der Waals surface area contributed by atoms with Gasteiger partial charge in [0, 0.05) is 23.7 Å². The first kappa shape index (κ1) is 18.7. The lowest BCUT2D eigenvalue weighted by Crippen LogP contribution is -2.31. The van der Waals surface area contributed by atoms with Gasteiger partial charge >= 0.3 is 0 Å². The van der Waals surface area contributed by atoms with Crippen LogP contribution in [-0.4, -0.2) is 25.5 Å². The molecule has 1 unspecified atom stereocenters. The zero-order chi connectivity index (χ0) is 20.2. The van der Waals surface area contributed by atoms with Gasteiger partial charge in [0.25, 0.3) is 5.91 Å². The molecule has 4 rings (SSSR count). The number of aromatic nitrogens is 4. The number of carbonyl (C=O) groups excluding carboxylic acids is 1. The Morgan fingerprint density at radius 2 is 1.79 bits per heavy atom. The van der Waals surface area contributed by atoms with Crippen molar-refractivity contribution >= 4 is 5.91 Å². The Morgan fingerprint density at radius 1 is 1.03 bits per heavy atom. The largest absolute Gasteiger partial charge is 0.343 e. The van der Waals surface area contributed by atoms with E-state index in [1.807, 2.05) is 96.1 Å². The zero-order valence-electron chi connectivity index (χ0n) is 16.5. The molecule has 6 nitrogen and oxygen atoms in total. The standard InChI is InChI=1S/C23H23N5O/c1-17-15-18(2)28(26-17)21-11-9-20(10-12-21)23(29)25-22(16-27-14-6-13-24-27)19-7-4-3-5-8-19/h3-15,22H,16H2,1-2H3,(H,25,29). The second-order valence-corrected chi connectivity index (χ2v) is 7.05. The van der Waals surface area contributed by atoms with E-state index < -0.39 is 0 Å². The molecule has 6 heteroatoms. The normalized spacial score (nSPS) is 11.9. The molecule has 0 aliphatic carbocycles. The van der Waals surface area contributed by atoms with Crippen molar-refractivity contribution in [3.05, 3.63) is 102 Å². The highest BCUT2D eigenvalue weighted by Crippen LogP contribution is 2.17. The van der Waals surface area contributed by atoms with Crippen molar-refractivity contribution in [3.63, 3.8) is 0 Å². The van der Waals surface area contributed by atoms with Crippen molar-refractivity contribution < 1.29 is 4.79 Å². The lowest BCUT2D eigenvalue weighted by Gasteiger charge is -2.19. The van der Waals surface area contributed by atoms with E-state index in [9.17, 15) is 4.79 Å². The Labute approximate surface area is 169 Å². The predicted octanol–water partition coefficient (Wildman–Crippen LogP) is 3.86. The first-order valence-corrected chi connectivity index (χ1v) is 9.57. The van der Waals surface area contributed by atoms with Crippen LogP contribution in [0.3, 0.4) is 0 Å². The maximum Gasteiger partial charge on any atom is 0.251 e. The third-order valence-electron chi connectivity index (χ3n) is 4.82. The smallest absolute Gasteiger partial charge is 0.251 e. The lowest BCUT2D eigenvalue weighted by atomic mass is 10.1. The molecule has 0 aliphatic rings. The van der Waals surface area contributed by atoms with Gasteiger partial charge in [-0.3, -0.25) is 9.48 Å². The van der Waals surface area contributed by atoms with E-state index in [1.165, 1.54) is 0 Å². The molecule has 29 heavy (non-hydrogen) atoms. The molecular weight excluding hydrogens is 362 g/mol. The van der Waals surface area contributed by atoms with Crippen molar-refractivity contribution in [1.29, 1.82) is 0 Å². The Morgan fingerprint density at radius 3 is 2.41 bits per heavy atom. The average Bonchev–Trinajstić information content (AvgIpc) is 3.37. The van der Waals surface area contributed by atoms with Crippen LogP contribution in [0, 0.1) is 13.8 Å². The molecule has 2 aromatic carbocycles. The van der Waals surface area contributed by atoms with Crippen LogP contribution in [0.5, 0.6) is 0 Å². The van der Waals surface area contributed by atoms with E-state index in [4.69, 9.17) is 0 Å². The summed E-state index contributed by atoms with van der Waals surface area (Å²) in [6.45, 7) is 4.54. The van der Waals surface area contributed by atoms with E-state index in [0.717, 1.165) is 22.6 Å². The summed E-state index contributed by atoms with van der Waals surface area (Å²) in [6, 6.07) is 21.2. The van der Waals surface area contributed by atoms with Gasteiger partial charge < -0.3 is 5.32 Å². The first-order valence-electron chi connectivity index (χ1n) is 9.57. The van der Waals surface area contributed by atoms with Gasteiger partial charge in [0.05, 0.1) is 24.0 Å². The van der Waals surface area contributed by atoms with Crippen molar-refractivity contribution in [2.75, 3.05) is 0 Å². The highest BCUT2D eigenvalue weighted by atomic mass is 16.1. The molecule has 1 atom stereocenters. The molecule has 0 radical (unpaired) electrons. The maximum absolute atomic E-state index is 12.9. The van der Waals surface area contributed by atoms with Gasteiger partial charge in [0.15, 0.2) is 0 Å². The minimum Gasteiger partial charge on any atom is -0.343 e. The number of hydrogen-bond acceptors (Lipinski definition) is 3. The van der Waals surface area contributed by atoms with Gasteiger partial charge in [0.2, 0.25) is 0 Å². The molecule has 4 aromatic rings. The lowest BCUT2D eigenvalue weighted by molar-refractivity contribution is 0.0932. The van der Waals surface area contributed by atoms with Crippen LogP contribution in [0.1, 0.15) is 33.4 Å². The fraction of sp³-hybridized carbons (Fsp3) is 0.174. The molecule has 2 aromatic heterocycles. The fourth-order valence-electron chi connectivity index (χ4n) is 3.40. The monoisotopic (exact) mass is 385 g/mol. The summed E-state index contributed by atoms with van der Waals surface area (Å²) < 4.78 is 3.70. The van der Waals surface area contributed by atoms with E-state index >= 15 is 0 Å². The molecule has 1 N–H and O–H groups in total. The van der Waals surface area contributed by atoms with Crippen LogP contribution in [0.25, 0.3) is 5.69 Å². The van der Waals surface area contributed by atoms with Gasteiger partial charge in [-0.05, 0) is 55.8 Å². The number of aryl methyl sites for hydroxylation is 2. The molecule has 2 heterocycles. The van der Waals surface area contributed by atoms with E-state index in [0.29, 0.717) is 12.1 Å². The maximum atomic E-state index is 12.9. The van der Waals surface area contributed by atoms with Gasteiger partial charge in [-0.1, -0.05) is 30.3 Å². The summed E-state index contributed by atoms with van der Waals surface area (Å²) in [5.41, 5.74) is 4.60. The van der Waals surface area contributed by atoms with Crippen molar-refractivity contribution in [1.82, 2.24) is 24.9 Å². The SMILES string of the molecule is Cc1cc(C)n(-c2ccc(C(=O)NC(Cn3cccn3)c3ccccc3)cc2)n1. The minimum absolute atomic E-state index is 0.120. The number of carbonyl (C=O) groups is 1. The number of nitrogens with one attached hydrogen (secondary N) is 1. The Balaban J connectivity index is 1.53. The molecule has 0 fully saturated rings. The first-order chi connectivity index (χ1) is 14.1. The Kier molecular flexibility index (Phi) is 5.24. The second-order valence-electron chi connectivity index (χ2n) is 7.05. The molecule has 0 spiro atoms. The van der Waals surface area contributed by atoms with Crippen LogP contribution in [0.2, 0.25) is 0 Å². The summed E-state index contributed by atoms with van der Waals surface area (Å²) in [5, 5.41) is 11.9. The molecule has 146 valence electrons. The average molecular weight is 385 g/mol. The van der Waals surface area contributed by atoms with E-state index in [1.54, 1.807) is 6.20 Å². The molecule has 1 amide bonds. The van der Waals surface area contributed by atoms with Crippen LogP contribution in [0.4, 0.5) is 0 Å². The van der Waals surface area contributed by atoms with Crippen LogP contribution in [0.15, 0.2) is 79.1 Å². The van der Waals surface area contributed by atoms with Gasteiger partial charge in [-0.25, -0.2) is 4.68 Å². The number of nitrogens with zero attached hydrogens (tertiary/aromatic N) is 4. The molecule has 0 saturated heterocycles. The summed E-state index contributed by atoms with van der Waals surface area (Å²) >= 11 is 0. The molecular formula is C23H23N5O. The number of rotatable bonds is 6. The number of benzene rings is 2.